The van der Waals surface area contributed by atoms with E-state index in [1.54, 1.807) is 0 Å². The topological polar surface area (TPSA) is 26.3 Å². The molecule has 0 aliphatic heterocycles. The second-order valence-electron chi connectivity index (χ2n) is 3.13. The standard InChI is InChI=1S/C11H8BrF3O2/c1-17-10(16)3-2-7-4-8(11(13,14)15)6-9(12)5-7/h2-6H,1H3/b3-2+. The van der Waals surface area contributed by atoms with Crippen LogP contribution >= 0.6 is 15.9 Å². The maximum Gasteiger partial charge on any atom is 0.416 e. The van der Waals surface area contributed by atoms with Gasteiger partial charge in [0.1, 0.15) is 0 Å². The highest BCUT2D eigenvalue weighted by Gasteiger charge is 2.30. The van der Waals surface area contributed by atoms with Crippen LogP contribution in [0.25, 0.3) is 6.08 Å². The lowest BCUT2D eigenvalue weighted by Crippen LogP contribution is -2.05. The van der Waals surface area contributed by atoms with Gasteiger partial charge in [0, 0.05) is 10.5 Å². The van der Waals surface area contributed by atoms with Crippen molar-refractivity contribution in [2.24, 2.45) is 0 Å². The highest BCUT2D eigenvalue weighted by atomic mass is 79.9. The molecule has 2 nitrogen and oxygen atoms in total. The number of esters is 1. The SMILES string of the molecule is COC(=O)/C=C/c1cc(Br)cc(C(F)(F)F)c1. The van der Waals surface area contributed by atoms with E-state index >= 15 is 0 Å². The Bertz CT molecular complexity index is 453. The second kappa shape index (κ2) is 5.35. The number of methoxy groups -OCH3 is 1. The molecular formula is C11H8BrF3O2. The van der Waals surface area contributed by atoms with Crippen LogP contribution in [0.4, 0.5) is 13.2 Å². The Hall–Kier alpha value is -1.30. The fourth-order valence-corrected chi connectivity index (χ4v) is 1.62. The van der Waals surface area contributed by atoms with Crippen LogP contribution < -0.4 is 0 Å². The van der Waals surface area contributed by atoms with Gasteiger partial charge < -0.3 is 4.74 Å². The molecule has 1 aromatic rings. The van der Waals surface area contributed by atoms with Gasteiger partial charge in [0.05, 0.1) is 12.7 Å². The van der Waals surface area contributed by atoms with Crippen LogP contribution in [0.15, 0.2) is 28.7 Å². The van der Waals surface area contributed by atoms with Gasteiger partial charge in [-0.2, -0.15) is 13.2 Å². The Morgan fingerprint density at radius 1 is 1.35 bits per heavy atom. The predicted molar refractivity (Wildman–Crippen MR) is 60.2 cm³/mol. The number of benzene rings is 1. The highest BCUT2D eigenvalue weighted by molar-refractivity contribution is 9.10. The molecule has 0 saturated carbocycles. The summed E-state index contributed by atoms with van der Waals surface area (Å²) in [5.74, 6) is -0.626. The molecule has 92 valence electrons. The number of alkyl halides is 3. The first-order valence-electron chi connectivity index (χ1n) is 4.47. The van der Waals surface area contributed by atoms with Crippen LogP contribution in [0, 0.1) is 0 Å². The minimum Gasteiger partial charge on any atom is -0.466 e. The molecule has 0 atom stereocenters. The molecule has 6 heteroatoms. The lowest BCUT2D eigenvalue weighted by Gasteiger charge is -2.08. The third-order valence-electron chi connectivity index (χ3n) is 1.86. The first kappa shape index (κ1) is 13.8. The number of carbonyl (C=O) groups is 1. The summed E-state index contributed by atoms with van der Waals surface area (Å²) in [7, 11) is 1.19. The van der Waals surface area contributed by atoms with Crippen LogP contribution in [-0.2, 0) is 15.7 Å². The minimum atomic E-state index is -4.42. The summed E-state index contributed by atoms with van der Waals surface area (Å²) < 4.78 is 42.1. The summed E-state index contributed by atoms with van der Waals surface area (Å²) in [6.07, 6.45) is -2.11. The lowest BCUT2D eigenvalue weighted by atomic mass is 10.1. The van der Waals surface area contributed by atoms with E-state index in [1.165, 1.54) is 19.3 Å². The van der Waals surface area contributed by atoms with Crippen LogP contribution in [0.3, 0.4) is 0 Å². The zero-order valence-corrected chi connectivity index (χ0v) is 10.3. The van der Waals surface area contributed by atoms with Gasteiger partial charge >= 0.3 is 12.1 Å². The van der Waals surface area contributed by atoms with E-state index in [2.05, 4.69) is 20.7 Å². The molecule has 1 aromatic carbocycles. The largest absolute Gasteiger partial charge is 0.466 e. The molecule has 1 rings (SSSR count). The van der Waals surface area contributed by atoms with Gasteiger partial charge in [0.25, 0.3) is 0 Å². The van der Waals surface area contributed by atoms with Crippen molar-refractivity contribution in [3.8, 4) is 0 Å². The Labute approximate surface area is 104 Å². The van der Waals surface area contributed by atoms with E-state index < -0.39 is 17.7 Å². The third kappa shape index (κ3) is 4.22. The van der Waals surface area contributed by atoms with Gasteiger partial charge in [-0.05, 0) is 29.8 Å². The predicted octanol–water partition coefficient (Wildman–Crippen LogP) is 3.65. The molecule has 0 aliphatic rings. The van der Waals surface area contributed by atoms with Crippen molar-refractivity contribution < 1.29 is 22.7 Å². The molecule has 0 fully saturated rings. The summed E-state index contributed by atoms with van der Waals surface area (Å²) in [4.78, 5) is 10.8. The summed E-state index contributed by atoms with van der Waals surface area (Å²) in [5.41, 5.74) is -0.520. The van der Waals surface area contributed by atoms with Crippen LogP contribution in [0.2, 0.25) is 0 Å². The Morgan fingerprint density at radius 2 is 2.00 bits per heavy atom. The molecule has 0 saturated heterocycles. The smallest absolute Gasteiger partial charge is 0.416 e. The number of hydrogen-bond acceptors (Lipinski definition) is 2. The first-order chi connectivity index (χ1) is 7.82. The minimum absolute atomic E-state index is 0.261. The summed E-state index contributed by atoms with van der Waals surface area (Å²) in [6, 6.07) is 3.38. The van der Waals surface area contributed by atoms with E-state index in [9.17, 15) is 18.0 Å². The highest BCUT2D eigenvalue weighted by Crippen LogP contribution is 2.32. The van der Waals surface area contributed by atoms with Crippen LogP contribution in [0.1, 0.15) is 11.1 Å². The zero-order valence-electron chi connectivity index (χ0n) is 8.72. The quantitative estimate of drug-likeness (QED) is 0.616. The number of ether oxygens (including phenoxy) is 1. The van der Waals surface area contributed by atoms with Gasteiger partial charge in [-0.1, -0.05) is 15.9 Å². The van der Waals surface area contributed by atoms with Crippen LogP contribution in [-0.4, -0.2) is 13.1 Å². The molecule has 0 radical (unpaired) electrons. The van der Waals surface area contributed by atoms with Crippen molar-refractivity contribution in [1.29, 1.82) is 0 Å². The van der Waals surface area contributed by atoms with E-state index in [-0.39, 0.29) is 10.0 Å². The van der Waals surface area contributed by atoms with E-state index in [0.29, 0.717) is 0 Å². The van der Waals surface area contributed by atoms with Crippen LogP contribution in [0.5, 0.6) is 0 Å². The van der Waals surface area contributed by atoms with Crippen molar-refractivity contribution in [2.75, 3.05) is 7.11 Å². The average molecular weight is 309 g/mol. The summed E-state index contributed by atoms with van der Waals surface area (Å²) in [5, 5.41) is 0. The van der Waals surface area contributed by atoms with E-state index in [0.717, 1.165) is 18.2 Å². The van der Waals surface area contributed by atoms with E-state index in [4.69, 9.17) is 0 Å². The number of rotatable bonds is 2. The molecule has 0 unspecified atom stereocenters. The molecule has 0 aromatic heterocycles. The van der Waals surface area contributed by atoms with Gasteiger partial charge in [-0.15, -0.1) is 0 Å². The summed E-state index contributed by atoms with van der Waals surface area (Å²) in [6.45, 7) is 0. The van der Waals surface area contributed by atoms with Crippen molar-refractivity contribution in [3.05, 3.63) is 39.9 Å². The fraction of sp³-hybridized carbons (Fsp3) is 0.182. The number of carbonyl (C=O) groups excluding carboxylic acids is 1. The molecule has 0 amide bonds. The molecular weight excluding hydrogens is 301 g/mol. The molecule has 0 bridgehead atoms. The molecule has 0 spiro atoms. The first-order valence-corrected chi connectivity index (χ1v) is 5.26. The number of hydrogen-bond donors (Lipinski definition) is 0. The molecule has 0 heterocycles. The maximum atomic E-state index is 12.5. The normalized spacial score (nSPS) is 11.8. The van der Waals surface area contributed by atoms with Crippen molar-refractivity contribution in [1.82, 2.24) is 0 Å². The average Bonchev–Trinajstić information content (AvgIpc) is 2.24. The van der Waals surface area contributed by atoms with Crippen molar-refractivity contribution >= 4 is 28.0 Å². The van der Waals surface area contributed by atoms with Crippen molar-refractivity contribution in [2.45, 2.75) is 6.18 Å². The van der Waals surface area contributed by atoms with Crippen molar-refractivity contribution in [3.63, 3.8) is 0 Å². The van der Waals surface area contributed by atoms with Gasteiger partial charge in [0.15, 0.2) is 0 Å². The molecule has 0 N–H and O–H groups in total. The van der Waals surface area contributed by atoms with E-state index in [1.807, 2.05) is 0 Å². The monoisotopic (exact) mass is 308 g/mol. The van der Waals surface area contributed by atoms with Gasteiger partial charge in [0.2, 0.25) is 0 Å². The maximum absolute atomic E-state index is 12.5. The summed E-state index contributed by atoms with van der Waals surface area (Å²) >= 11 is 2.98. The zero-order chi connectivity index (χ0) is 13.1. The molecule has 17 heavy (non-hydrogen) atoms. The Kier molecular flexibility index (Phi) is 4.34. The van der Waals surface area contributed by atoms with Gasteiger partial charge in [-0.25, -0.2) is 4.79 Å². The molecule has 0 aliphatic carbocycles. The Morgan fingerprint density at radius 3 is 2.53 bits per heavy atom. The third-order valence-corrected chi connectivity index (χ3v) is 2.32. The van der Waals surface area contributed by atoms with Gasteiger partial charge in [-0.3, -0.25) is 0 Å². The lowest BCUT2D eigenvalue weighted by molar-refractivity contribution is -0.137. The Balaban J connectivity index is 3.06. The fourth-order valence-electron chi connectivity index (χ4n) is 1.10. The second-order valence-corrected chi connectivity index (χ2v) is 4.04. The number of halogens is 4.